The fraction of sp³-hybridized carbons (Fsp3) is 0.375. The van der Waals surface area contributed by atoms with Gasteiger partial charge in [-0.1, -0.05) is 36.4 Å². The Morgan fingerprint density at radius 2 is 1.90 bits per heavy atom. The number of methoxy groups -OCH3 is 2. The van der Waals surface area contributed by atoms with Crippen molar-refractivity contribution in [1.82, 2.24) is 4.90 Å². The molecule has 5 nitrogen and oxygen atoms in total. The Bertz CT molecular complexity index is 893. The van der Waals surface area contributed by atoms with Gasteiger partial charge < -0.3 is 14.2 Å². The predicted molar refractivity (Wildman–Crippen MR) is 112 cm³/mol. The summed E-state index contributed by atoms with van der Waals surface area (Å²) in [4.78, 5) is 14.8. The minimum atomic E-state index is -0.225. The summed E-state index contributed by atoms with van der Waals surface area (Å²) in [7, 11) is 3.35. The molecule has 1 saturated heterocycles. The lowest BCUT2D eigenvalue weighted by atomic mass is 9.83. The van der Waals surface area contributed by atoms with E-state index >= 15 is 0 Å². The number of hydrogen-bond acceptors (Lipinski definition) is 4. The summed E-state index contributed by atoms with van der Waals surface area (Å²) in [5, 5.41) is 0. The van der Waals surface area contributed by atoms with Gasteiger partial charge in [0.25, 0.3) is 0 Å². The van der Waals surface area contributed by atoms with Crippen molar-refractivity contribution in [1.29, 1.82) is 0 Å². The molecule has 1 fully saturated rings. The standard InChI is InChI=1S/C24H27NO4/c1-27-21-11-12-23(28-2)22(15-21)18-13-19-9-6-10-20(14-18)25(19)24(26)29-16-17-7-4-3-5-8-17/h3-5,7-8,11-13,15,19-20H,6,9-10,14,16H2,1-2H3. The number of rotatable bonds is 5. The largest absolute Gasteiger partial charge is 0.497 e. The monoisotopic (exact) mass is 393 g/mol. The molecule has 29 heavy (non-hydrogen) atoms. The molecule has 2 unspecified atom stereocenters. The highest BCUT2D eigenvalue weighted by Gasteiger charge is 2.38. The normalized spacial score (nSPS) is 20.6. The molecule has 2 aromatic rings. The Kier molecular flexibility index (Phi) is 5.74. The van der Waals surface area contributed by atoms with Crippen LogP contribution in [-0.2, 0) is 11.3 Å². The Hall–Kier alpha value is -2.95. The van der Waals surface area contributed by atoms with Crippen LogP contribution in [0.1, 0.15) is 36.8 Å². The lowest BCUT2D eigenvalue weighted by molar-refractivity contribution is 0.0510. The van der Waals surface area contributed by atoms with E-state index in [0.717, 1.165) is 48.3 Å². The van der Waals surface area contributed by atoms with Crippen LogP contribution in [0.2, 0.25) is 0 Å². The van der Waals surface area contributed by atoms with Gasteiger partial charge in [0, 0.05) is 11.6 Å². The average molecular weight is 393 g/mol. The molecule has 2 atom stereocenters. The second-order valence-corrected chi connectivity index (χ2v) is 7.56. The number of carbonyl (C=O) groups is 1. The minimum Gasteiger partial charge on any atom is -0.497 e. The number of nitrogens with zero attached hydrogens (tertiary/aromatic N) is 1. The molecule has 4 rings (SSSR count). The van der Waals surface area contributed by atoms with Crippen molar-refractivity contribution >= 4 is 11.7 Å². The molecule has 2 heterocycles. The molecule has 0 N–H and O–H groups in total. The van der Waals surface area contributed by atoms with Crippen LogP contribution in [0.15, 0.2) is 54.6 Å². The molecule has 0 radical (unpaired) electrons. The number of hydrogen-bond donors (Lipinski definition) is 0. The summed E-state index contributed by atoms with van der Waals surface area (Å²) in [6, 6.07) is 15.9. The van der Waals surface area contributed by atoms with Gasteiger partial charge >= 0.3 is 6.09 Å². The highest BCUT2D eigenvalue weighted by atomic mass is 16.6. The fourth-order valence-corrected chi connectivity index (χ4v) is 4.37. The number of fused-ring (bicyclic) bond motifs is 2. The maximum Gasteiger partial charge on any atom is 0.410 e. The van der Waals surface area contributed by atoms with Crippen LogP contribution >= 0.6 is 0 Å². The van der Waals surface area contributed by atoms with Crippen molar-refractivity contribution in [2.75, 3.05) is 14.2 Å². The van der Waals surface area contributed by atoms with E-state index in [-0.39, 0.29) is 18.2 Å². The van der Waals surface area contributed by atoms with E-state index in [1.807, 2.05) is 53.4 Å². The van der Waals surface area contributed by atoms with Crippen molar-refractivity contribution in [2.45, 2.75) is 44.4 Å². The van der Waals surface area contributed by atoms with Crippen molar-refractivity contribution in [3.05, 3.63) is 65.7 Å². The first-order valence-corrected chi connectivity index (χ1v) is 10.1. The summed E-state index contributed by atoms with van der Waals surface area (Å²) in [5.74, 6) is 1.63. The topological polar surface area (TPSA) is 48.0 Å². The summed E-state index contributed by atoms with van der Waals surface area (Å²) in [6.07, 6.45) is 5.83. The first-order chi connectivity index (χ1) is 14.2. The molecular weight excluding hydrogens is 366 g/mol. The van der Waals surface area contributed by atoms with Crippen molar-refractivity contribution < 1.29 is 19.0 Å². The zero-order valence-corrected chi connectivity index (χ0v) is 17.0. The second-order valence-electron chi connectivity index (χ2n) is 7.56. The van der Waals surface area contributed by atoms with Crippen LogP contribution in [0.5, 0.6) is 11.5 Å². The molecule has 0 spiro atoms. The molecule has 2 bridgehead atoms. The third-order valence-corrected chi connectivity index (χ3v) is 5.81. The van der Waals surface area contributed by atoms with Gasteiger partial charge in [0.1, 0.15) is 18.1 Å². The van der Waals surface area contributed by atoms with Crippen molar-refractivity contribution in [3.63, 3.8) is 0 Å². The molecule has 5 heteroatoms. The van der Waals surface area contributed by atoms with Gasteiger partial charge in [-0.15, -0.1) is 0 Å². The van der Waals surface area contributed by atoms with Gasteiger partial charge in [-0.05, 0) is 55.0 Å². The van der Waals surface area contributed by atoms with Crippen LogP contribution < -0.4 is 9.47 Å². The van der Waals surface area contributed by atoms with Crippen LogP contribution in [0.4, 0.5) is 4.79 Å². The van der Waals surface area contributed by atoms with E-state index in [0.29, 0.717) is 6.61 Å². The molecule has 1 amide bonds. The SMILES string of the molecule is COc1ccc(OC)c(C2=CC3CCCC(C2)N3C(=O)OCc2ccccc2)c1. The lowest BCUT2D eigenvalue weighted by Crippen LogP contribution is -2.51. The Morgan fingerprint density at radius 3 is 2.62 bits per heavy atom. The third kappa shape index (κ3) is 4.09. The van der Waals surface area contributed by atoms with Gasteiger partial charge in [-0.2, -0.15) is 0 Å². The minimum absolute atomic E-state index is 0.0525. The van der Waals surface area contributed by atoms with Gasteiger partial charge in [0.15, 0.2) is 0 Å². The van der Waals surface area contributed by atoms with E-state index in [2.05, 4.69) is 6.08 Å². The van der Waals surface area contributed by atoms with Crippen LogP contribution in [0.3, 0.4) is 0 Å². The van der Waals surface area contributed by atoms with E-state index in [4.69, 9.17) is 14.2 Å². The van der Waals surface area contributed by atoms with Crippen LogP contribution in [0, 0.1) is 0 Å². The quantitative estimate of drug-likeness (QED) is 0.713. The first kappa shape index (κ1) is 19.4. The molecule has 2 aromatic carbocycles. The van der Waals surface area contributed by atoms with E-state index in [1.54, 1.807) is 14.2 Å². The maximum atomic E-state index is 12.9. The lowest BCUT2D eigenvalue weighted by Gasteiger charge is -2.44. The number of benzene rings is 2. The Morgan fingerprint density at radius 1 is 1.07 bits per heavy atom. The predicted octanol–water partition coefficient (Wildman–Crippen LogP) is 5.05. The molecular formula is C24H27NO4. The summed E-state index contributed by atoms with van der Waals surface area (Å²) >= 11 is 0. The summed E-state index contributed by atoms with van der Waals surface area (Å²) < 4.78 is 16.6. The molecule has 2 aliphatic rings. The van der Waals surface area contributed by atoms with Crippen LogP contribution in [0.25, 0.3) is 5.57 Å². The highest BCUT2D eigenvalue weighted by Crippen LogP contribution is 2.41. The maximum absolute atomic E-state index is 12.9. The van der Waals surface area contributed by atoms with Gasteiger partial charge in [0.05, 0.1) is 20.3 Å². The fourth-order valence-electron chi connectivity index (χ4n) is 4.37. The zero-order chi connectivity index (χ0) is 20.2. The van der Waals surface area contributed by atoms with Gasteiger partial charge in [-0.3, -0.25) is 4.90 Å². The molecule has 0 aromatic heterocycles. The van der Waals surface area contributed by atoms with Crippen molar-refractivity contribution in [3.8, 4) is 11.5 Å². The van der Waals surface area contributed by atoms with Gasteiger partial charge in [0.2, 0.25) is 0 Å². The molecule has 0 saturated carbocycles. The number of carbonyl (C=O) groups excluding carboxylic acids is 1. The van der Waals surface area contributed by atoms with Crippen LogP contribution in [-0.4, -0.2) is 37.3 Å². The third-order valence-electron chi connectivity index (χ3n) is 5.81. The number of amides is 1. The zero-order valence-electron chi connectivity index (χ0n) is 17.0. The Balaban J connectivity index is 1.55. The molecule has 152 valence electrons. The summed E-state index contributed by atoms with van der Waals surface area (Å²) in [6.45, 7) is 0.301. The van der Waals surface area contributed by atoms with Gasteiger partial charge in [-0.25, -0.2) is 4.79 Å². The number of piperidine rings is 1. The van der Waals surface area contributed by atoms with Crippen molar-refractivity contribution in [2.24, 2.45) is 0 Å². The smallest absolute Gasteiger partial charge is 0.410 e. The molecule has 0 aliphatic carbocycles. The van der Waals surface area contributed by atoms with E-state index in [9.17, 15) is 4.79 Å². The van der Waals surface area contributed by atoms with E-state index in [1.165, 1.54) is 5.57 Å². The highest BCUT2D eigenvalue weighted by molar-refractivity contribution is 5.77. The second kappa shape index (κ2) is 8.60. The number of ether oxygens (including phenoxy) is 3. The first-order valence-electron chi connectivity index (χ1n) is 10.1. The Labute approximate surface area is 171 Å². The average Bonchev–Trinajstić information content (AvgIpc) is 2.76. The van der Waals surface area contributed by atoms with E-state index < -0.39 is 0 Å². The summed E-state index contributed by atoms with van der Waals surface area (Å²) in [5.41, 5.74) is 3.25. The molecule has 2 aliphatic heterocycles.